The van der Waals surface area contributed by atoms with Crippen LogP contribution in [0.1, 0.15) is 57.4 Å². The van der Waals surface area contributed by atoms with E-state index in [1.165, 1.54) is 24.3 Å². The molecule has 2 amide bonds. The Kier molecular flexibility index (Phi) is 8.04. The fourth-order valence-corrected chi connectivity index (χ4v) is 5.94. The van der Waals surface area contributed by atoms with Crippen LogP contribution in [0.5, 0.6) is 0 Å². The fourth-order valence-electron chi connectivity index (χ4n) is 4.51. The van der Waals surface area contributed by atoms with Crippen LogP contribution in [0.15, 0.2) is 29.2 Å². The molecule has 33 heavy (non-hydrogen) atoms. The van der Waals surface area contributed by atoms with Crippen molar-refractivity contribution in [1.82, 2.24) is 14.9 Å². The second kappa shape index (κ2) is 10.4. The fraction of sp³-hybridized carbons (Fsp3) is 0.636. The van der Waals surface area contributed by atoms with Gasteiger partial charge in [0.2, 0.25) is 21.8 Å². The van der Waals surface area contributed by atoms with Crippen LogP contribution in [-0.4, -0.2) is 50.3 Å². The summed E-state index contributed by atoms with van der Waals surface area (Å²) in [6.07, 6.45) is 1.57. The monoisotopic (exact) mass is 489 g/mol. The molecule has 1 heterocycles. The molecule has 2 aliphatic rings. The highest BCUT2D eigenvalue weighted by Gasteiger charge is 2.38. The highest BCUT2D eigenvalue weighted by Crippen LogP contribution is 2.34. The summed E-state index contributed by atoms with van der Waals surface area (Å²) in [7, 11) is -4.60. The second-order valence-electron chi connectivity index (χ2n) is 8.80. The first-order valence-corrected chi connectivity index (χ1v) is 12.7. The van der Waals surface area contributed by atoms with Gasteiger partial charge >= 0.3 is 6.18 Å². The third kappa shape index (κ3) is 6.47. The van der Waals surface area contributed by atoms with Crippen LogP contribution in [0.3, 0.4) is 0 Å². The van der Waals surface area contributed by atoms with Crippen molar-refractivity contribution in [2.24, 2.45) is 5.92 Å². The SMILES string of the molecule is C[C@H](NS(=O)(=O)c1ccccc1C(F)(F)F)C(=O)N1CCCC(C(=O)NC2CCCCC2)C1. The molecule has 1 saturated carbocycles. The predicted molar refractivity (Wildman–Crippen MR) is 116 cm³/mol. The minimum atomic E-state index is -4.86. The largest absolute Gasteiger partial charge is 0.417 e. The Morgan fingerprint density at radius 3 is 2.39 bits per heavy atom. The van der Waals surface area contributed by atoms with E-state index < -0.39 is 38.6 Å². The lowest BCUT2D eigenvalue weighted by Gasteiger charge is -2.35. The molecule has 1 saturated heterocycles. The number of sulfonamides is 1. The average Bonchev–Trinajstić information content (AvgIpc) is 2.78. The van der Waals surface area contributed by atoms with Crippen molar-refractivity contribution in [2.75, 3.05) is 13.1 Å². The topological polar surface area (TPSA) is 95.6 Å². The average molecular weight is 490 g/mol. The van der Waals surface area contributed by atoms with Gasteiger partial charge in [-0.05, 0) is 44.7 Å². The molecule has 0 bridgehead atoms. The van der Waals surface area contributed by atoms with E-state index in [1.807, 2.05) is 0 Å². The number of halogens is 3. The lowest BCUT2D eigenvalue weighted by atomic mass is 9.93. The van der Waals surface area contributed by atoms with Crippen molar-refractivity contribution in [2.45, 2.75) is 75.0 Å². The van der Waals surface area contributed by atoms with Crippen molar-refractivity contribution >= 4 is 21.8 Å². The molecule has 0 aromatic heterocycles. The van der Waals surface area contributed by atoms with Crippen LogP contribution in [0.4, 0.5) is 13.2 Å². The summed E-state index contributed by atoms with van der Waals surface area (Å²) in [5.41, 5.74) is -1.30. The highest BCUT2D eigenvalue weighted by atomic mass is 32.2. The van der Waals surface area contributed by atoms with Crippen molar-refractivity contribution in [3.05, 3.63) is 29.8 Å². The van der Waals surface area contributed by atoms with Gasteiger partial charge in [-0.15, -0.1) is 0 Å². The molecule has 184 valence electrons. The van der Waals surface area contributed by atoms with E-state index in [-0.39, 0.29) is 24.4 Å². The molecular weight excluding hydrogens is 459 g/mol. The van der Waals surface area contributed by atoms with Crippen molar-refractivity contribution < 1.29 is 31.2 Å². The molecule has 1 unspecified atom stereocenters. The van der Waals surface area contributed by atoms with E-state index in [2.05, 4.69) is 10.0 Å². The lowest BCUT2D eigenvalue weighted by molar-refractivity contribution is -0.140. The van der Waals surface area contributed by atoms with E-state index in [4.69, 9.17) is 0 Å². The molecule has 0 spiro atoms. The minimum absolute atomic E-state index is 0.105. The first-order chi connectivity index (χ1) is 15.5. The minimum Gasteiger partial charge on any atom is -0.353 e. The van der Waals surface area contributed by atoms with E-state index in [0.717, 1.165) is 37.8 Å². The molecule has 1 aromatic carbocycles. The summed E-state index contributed by atoms with van der Waals surface area (Å²) < 4.78 is 67.1. The number of nitrogens with one attached hydrogen (secondary N) is 2. The van der Waals surface area contributed by atoms with Crippen molar-refractivity contribution in [1.29, 1.82) is 0 Å². The first kappa shape index (κ1) is 25.5. The summed E-state index contributed by atoms with van der Waals surface area (Å²) in [5.74, 6) is -1.07. The molecule has 1 aliphatic heterocycles. The zero-order valence-electron chi connectivity index (χ0n) is 18.5. The Balaban J connectivity index is 1.64. The number of amides is 2. The number of alkyl halides is 3. The van der Waals surface area contributed by atoms with Gasteiger partial charge in [-0.25, -0.2) is 8.42 Å². The van der Waals surface area contributed by atoms with E-state index in [1.54, 1.807) is 0 Å². The quantitative estimate of drug-likeness (QED) is 0.642. The Hall–Kier alpha value is -2.14. The van der Waals surface area contributed by atoms with Gasteiger partial charge in [0.15, 0.2) is 0 Å². The maximum absolute atomic E-state index is 13.2. The zero-order chi connectivity index (χ0) is 24.2. The summed E-state index contributed by atoms with van der Waals surface area (Å²) in [5, 5.41) is 3.06. The van der Waals surface area contributed by atoms with Gasteiger partial charge in [0.25, 0.3) is 0 Å². The Labute approximate surface area is 192 Å². The van der Waals surface area contributed by atoms with Gasteiger partial charge in [-0.1, -0.05) is 31.4 Å². The van der Waals surface area contributed by atoms with Crippen LogP contribution >= 0.6 is 0 Å². The smallest absolute Gasteiger partial charge is 0.353 e. The molecule has 1 aromatic rings. The number of benzene rings is 1. The Morgan fingerprint density at radius 1 is 1.06 bits per heavy atom. The van der Waals surface area contributed by atoms with Crippen molar-refractivity contribution in [3.8, 4) is 0 Å². The number of hydrogen-bond acceptors (Lipinski definition) is 4. The second-order valence-corrected chi connectivity index (χ2v) is 10.5. The van der Waals surface area contributed by atoms with Gasteiger partial charge in [0, 0.05) is 19.1 Å². The Bertz CT molecular complexity index is 962. The summed E-state index contributed by atoms with van der Waals surface area (Å²) in [6, 6.07) is 2.70. The summed E-state index contributed by atoms with van der Waals surface area (Å²) in [6.45, 7) is 1.81. The van der Waals surface area contributed by atoms with Gasteiger partial charge in [-0.2, -0.15) is 17.9 Å². The molecule has 11 heteroatoms. The maximum atomic E-state index is 13.2. The van der Waals surface area contributed by atoms with Gasteiger partial charge < -0.3 is 10.2 Å². The lowest BCUT2D eigenvalue weighted by Crippen LogP contribution is -2.52. The van der Waals surface area contributed by atoms with E-state index in [9.17, 15) is 31.2 Å². The molecule has 0 radical (unpaired) electrons. The van der Waals surface area contributed by atoms with Crippen LogP contribution < -0.4 is 10.0 Å². The van der Waals surface area contributed by atoms with E-state index in [0.29, 0.717) is 25.5 Å². The van der Waals surface area contributed by atoms with Crippen LogP contribution in [-0.2, 0) is 25.8 Å². The third-order valence-electron chi connectivity index (χ3n) is 6.24. The van der Waals surface area contributed by atoms with Crippen LogP contribution in [0, 0.1) is 5.92 Å². The molecule has 2 fully saturated rings. The Morgan fingerprint density at radius 2 is 1.73 bits per heavy atom. The summed E-state index contributed by atoms with van der Waals surface area (Å²) >= 11 is 0. The maximum Gasteiger partial charge on any atom is 0.417 e. The number of carbonyl (C=O) groups excluding carboxylic acids is 2. The number of carbonyl (C=O) groups is 2. The van der Waals surface area contributed by atoms with Gasteiger partial charge in [0.1, 0.15) is 0 Å². The van der Waals surface area contributed by atoms with Gasteiger partial charge in [0.05, 0.1) is 22.4 Å². The molecule has 7 nitrogen and oxygen atoms in total. The standard InChI is InChI=1S/C22H30F3N3O4S/c1-15(27-33(31,32)19-12-6-5-11-18(19)22(23,24)25)21(30)28-13-7-8-16(14-28)20(29)26-17-9-3-2-4-10-17/h5-6,11-12,15-17,27H,2-4,7-10,13-14H2,1H3,(H,26,29)/t15-,16?/m0/s1. The van der Waals surface area contributed by atoms with E-state index >= 15 is 0 Å². The molecule has 1 aliphatic carbocycles. The van der Waals surface area contributed by atoms with Gasteiger partial charge in [-0.3, -0.25) is 9.59 Å². The normalized spacial score (nSPS) is 21.5. The van der Waals surface area contributed by atoms with Crippen LogP contribution in [0.2, 0.25) is 0 Å². The van der Waals surface area contributed by atoms with Crippen LogP contribution in [0.25, 0.3) is 0 Å². The number of rotatable bonds is 6. The number of piperidine rings is 1. The molecular formula is C22H30F3N3O4S. The van der Waals surface area contributed by atoms with Crippen molar-refractivity contribution in [3.63, 3.8) is 0 Å². The molecule has 3 rings (SSSR count). The number of nitrogens with zero attached hydrogens (tertiary/aromatic N) is 1. The highest BCUT2D eigenvalue weighted by molar-refractivity contribution is 7.89. The number of likely N-dealkylation sites (tertiary alicyclic amines) is 1. The number of hydrogen-bond donors (Lipinski definition) is 2. The third-order valence-corrected chi connectivity index (χ3v) is 7.84. The molecule has 2 N–H and O–H groups in total. The molecule has 2 atom stereocenters. The first-order valence-electron chi connectivity index (χ1n) is 11.3. The summed E-state index contributed by atoms with van der Waals surface area (Å²) in [4.78, 5) is 26.1. The predicted octanol–water partition coefficient (Wildman–Crippen LogP) is 3.06. The zero-order valence-corrected chi connectivity index (χ0v) is 19.3.